The first kappa shape index (κ1) is 15.0. The fourth-order valence-electron chi connectivity index (χ4n) is 3.36. The van der Waals surface area contributed by atoms with Gasteiger partial charge in [-0.3, -0.25) is 4.90 Å². The standard InChI is InChI=1S/C16H24N2O2S/c1-12(2)18-9-8-15(11-18)17-21(19,20)16-7-6-13-4-3-5-14(13)10-16/h6-7,10,12,15,17H,3-5,8-9,11H2,1-2H3. The molecule has 4 nitrogen and oxygen atoms in total. The minimum absolute atomic E-state index is 0.0330. The molecule has 0 radical (unpaired) electrons. The van der Waals surface area contributed by atoms with Gasteiger partial charge in [-0.25, -0.2) is 13.1 Å². The summed E-state index contributed by atoms with van der Waals surface area (Å²) in [6.45, 7) is 6.08. The number of hydrogen-bond donors (Lipinski definition) is 1. The number of aryl methyl sites for hydroxylation is 2. The van der Waals surface area contributed by atoms with Crippen LogP contribution in [0.5, 0.6) is 0 Å². The van der Waals surface area contributed by atoms with Crippen LogP contribution in [0.2, 0.25) is 0 Å². The van der Waals surface area contributed by atoms with Gasteiger partial charge in [-0.1, -0.05) is 6.07 Å². The van der Waals surface area contributed by atoms with Crippen molar-refractivity contribution in [2.24, 2.45) is 0 Å². The molecule has 1 atom stereocenters. The quantitative estimate of drug-likeness (QED) is 0.925. The van der Waals surface area contributed by atoms with Gasteiger partial charge in [-0.2, -0.15) is 0 Å². The van der Waals surface area contributed by atoms with Gasteiger partial charge < -0.3 is 0 Å². The zero-order chi connectivity index (χ0) is 15.0. The van der Waals surface area contributed by atoms with E-state index in [1.165, 1.54) is 11.1 Å². The topological polar surface area (TPSA) is 49.4 Å². The van der Waals surface area contributed by atoms with Crippen molar-refractivity contribution in [3.05, 3.63) is 29.3 Å². The van der Waals surface area contributed by atoms with Crippen LogP contribution in [0.25, 0.3) is 0 Å². The summed E-state index contributed by atoms with van der Waals surface area (Å²) in [5, 5.41) is 0. The first-order valence-electron chi connectivity index (χ1n) is 7.84. The van der Waals surface area contributed by atoms with Gasteiger partial charge in [-0.15, -0.1) is 0 Å². The van der Waals surface area contributed by atoms with Crippen molar-refractivity contribution in [3.63, 3.8) is 0 Å². The monoisotopic (exact) mass is 308 g/mol. The average Bonchev–Trinajstić information content (AvgIpc) is 3.05. The molecular formula is C16H24N2O2S. The highest BCUT2D eigenvalue weighted by molar-refractivity contribution is 7.89. The van der Waals surface area contributed by atoms with Gasteiger partial charge in [0.2, 0.25) is 10.0 Å². The van der Waals surface area contributed by atoms with Gasteiger partial charge >= 0.3 is 0 Å². The Balaban J connectivity index is 1.73. The van der Waals surface area contributed by atoms with E-state index in [4.69, 9.17) is 0 Å². The van der Waals surface area contributed by atoms with E-state index >= 15 is 0 Å². The molecule has 21 heavy (non-hydrogen) atoms. The Bertz CT molecular complexity index is 625. The molecule has 0 bridgehead atoms. The van der Waals surface area contributed by atoms with E-state index in [1.807, 2.05) is 12.1 Å². The summed E-state index contributed by atoms with van der Waals surface area (Å²) in [5.74, 6) is 0. The van der Waals surface area contributed by atoms with E-state index in [1.54, 1.807) is 6.07 Å². The number of sulfonamides is 1. The second-order valence-corrected chi connectivity index (χ2v) is 8.19. The second-order valence-electron chi connectivity index (χ2n) is 6.48. The molecule has 1 fully saturated rings. The number of nitrogens with zero attached hydrogens (tertiary/aromatic N) is 1. The smallest absolute Gasteiger partial charge is 0.240 e. The van der Waals surface area contributed by atoms with Crippen molar-refractivity contribution < 1.29 is 8.42 Å². The number of rotatable bonds is 4. The Kier molecular flexibility index (Phi) is 4.08. The first-order valence-corrected chi connectivity index (χ1v) is 9.32. The first-order chi connectivity index (χ1) is 9.95. The van der Waals surface area contributed by atoms with Crippen LogP contribution in [0.15, 0.2) is 23.1 Å². The van der Waals surface area contributed by atoms with E-state index in [9.17, 15) is 8.42 Å². The Morgan fingerprint density at radius 3 is 2.71 bits per heavy atom. The lowest BCUT2D eigenvalue weighted by Crippen LogP contribution is -2.38. The van der Waals surface area contributed by atoms with Gasteiger partial charge in [0.25, 0.3) is 0 Å². The highest BCUT2D eigenvalue weighted by Crippen LogP contribution is 2.25. The third-order valence-corrected chi connectivity index (χ3v) is 6.17. The summed E-state index contributed by atoms with van der Waals surface area (Å²) in [6.07, 6.45) is 4.11. The molecule has 1 unspecified atom stereocenters. The summed E-state index contributed by atoms with van der Waals surface area (Å²) in [4.78, 5) is 2.74. The molecule has 5 heteroatoms. The van der Waals surface area contributed by atoms with Crippen LogP contribution >= 0.6 is 0 Å². The zero-order valence-electron chi connectivity index (χ0n) is 12.8. The molecule has 3 rings (SSSR count). The van der Waals surface area contributed by atoms with Crippen molar-refractivity contribution in [2.75, 3.05) is 13.1 Å². The van der Waals surface area contributed by atoms with Crippen LogP contribution in [0.1, 0.15) is 37.8 Å². The lowest BCUT2D eigenvalue weighted by Gasteiger charge is -2.20. The van der Waals surface area contributed by atoms with Crippen LogP contribution in [0.4, 0.5) is 0 Å². The molecule has 1 saturated heterocycles. The van der Waals surface area contributed by atoms with Crippen LogP contribution in [-0.2, 0) is 22.9 Å². The average molecular weight is 308 g/mol. The largest absolute Gasteiger partial charge is 0.299 e. The van der Waals surface area contributed by atoms with Crippen LogP contribution in [-0.4, -0.2) is 38.5 Å². The van der Waals surface area contributed by atoms with Crippen molar-refractivity contribution in [1.82, 2.24) is 9.62 Å². The van der Waals surface area contributed by atoms with Crippen molar-refractivity contribution >= 4 is 10.0 Å². The Hall–Kier alpha value is -0.910. The number of nitrogens with one attached hydrogen (secondary N) is 1. The predicted octanol–water partition coefficient (Wildman–Crippen LogP) is 1.94. The van der Waals surface area contributed by atoms with E-state index in [0.717, 1.165) is 38.8 Å². The Morgan fingerprint density at radius 1 is 1.24 bits per heavy atom. The highest BCUT2D eigenvalue weighted by Gasteiger charge is 2.28. The molecule has 0 saturated carbocycles. The predicted molar refractivity (Wildman–Crippen MR) is 83.9 cm³/mol. The van der Waals surface area contributed by atoms with E-state index in [0.29, 0.717) is 10.9 Å². The van der Waals surface area contributed by atoms with Gasteiger partial charge in [0.1, 0.15) is 0 Å². The molecule has 2 aliphatic rings. The third kappa shape index (κ3) is 3.15. The number of hydrogen-bond acceptors (Lipinski definition) is 3. The molecule has 1 aliphatic heterocycles. The fraction of sp³-hybridized carbons (Fsp3) is 0.625. The van der Waals surface area contributed by atoms with E-state index < -0.39 is 10.0 Å². The lowest BCUT2D eigenvalue weighted by molar-refractivity contribution is 0.271. The van der Waals surface area contributed by atoms with E-state index in [2.05, 4.69) is 23.5 Å². The minimum Gasteiger partial charge on any atom is -0.299 e. The van der Waals surface area contributed by atoms with Crippen LogP contribution in [0.3, 0.4) is 0 Å². The fourth-order valence-corrected chi connectivity index (χ4v) is 4.67. The molecule has 1 aliphatic carbocycles. The van der Waals surface area contributed by atoms with Gasteiger partial charge in [0.15, 0.2) is 0 Å². The summed E-state index contributed by atoms with van der Waals surface area (Å²) >= 11 is 0. The lowest BCUT2D eigenvalue weighted by atomic mass is 10.1. The molecular weight excluding hydrogens is 284 g/mol. The molecule has 0 amide bonds. The van der Waals surface area contributed by atoms with Crippen molar-refractivity contribution in [3.8, 4) is 0 Å². The van der Waals surface area contributed by atoms with E-state index in [-0.39, 0.29) is 6.04 Å². The SMILES string of the molecule is CC(C)N1CCC(NS(=O)(=O)c2ccc3c(c2)CCC3)C1. The molecule has 1 heterocycles. The molecule has 1 aromatic rings. The second kappa shape index (κ2) is 5.71. The molecule has 1 N–H and O–H groups in total. The summed E-state index contributed by atoms with van der Waals surface area (Å²) < 4.78 is 27.9. The Labute approximate surface area is 127 Å². The maximum atomic E-state index is 12.5. The summed E-state index contributed by atoms with van der Waals surface area (Å²) in [5.41, 5.74) is 2.51. The Morgan fingerprint density at radius 2 is 2.00 bits per heavy atom. The zero-order valence-corrected chi connectivity index (χ0v) is 13.6. The van der Waals surface area contributed by atoms with Crippen molar-refractivity contribution in [2.45, 2.75) is 56.5 Å². The molecule has 116 valence electrons. The minimum atomic E-state index is -3.39. The van der Waals surface area contributed by atoms with Crippen LogP contribution in [0, 0.1) is 0 Å². The maximum absolute atomic E-state index is 12.5. The van der Waals surface area contributed by atoms with Gasteiger partial charge in [-0.05, 0) is 62.8 Å². The van der Waals surface area contributed by atoms with Crippen LogP contribution < -0.4 is 4.72 Å². The van der Waals surface area contributed by atoms with Gasteiger partial charge in [0, 0.05) is 25.2 Å². The molecule has 0 aromatic heterocycles. The highest BCUT2D eigenvalue weighted by atomic mass is 32.2. The third-order valence-electron chi connectivity index (χ3n) is 4.65. The number of benzene rings is 1. The molecule has 1 aromatic carbocycles. The number of fused-ring (bicyclic) bond motifs is 1. The van der Waals surface area contributed by atoms with Crippen molar-refractivity contribution in [1.29, 1.82) is 0 Å². The maximum Gasteiger partial charge on any atom is 0.240 e. The number of likely N-dealkylation sites (tertiary alicyclic amines) is 1. The van der Waals surface area contributed by atoms with Gasteiger partial charge in [0.05, 0.1) is 4.90 Å². The summed E-state index contributed by atoms with van der Waals surface area (Å²) in [6, 6.07) is 6.10. The normalized spacial score (nSPS) is 22.9. The molecule has 0 spiro atoms. The summed E-state index contributed by atoms with van der Waals surface area (Å²) in [7, 11) is -3.39.